The standard InChI is InChI=1S/3C22H16N3.3C12H9N.3C6H7N.5C2H6.3W/c3*1-16-9-8-14-19(15-16)22-24-20(17-10-4-2-5-11-17)23-21(25-22)18-12-6-3-7-13-18;3*1-3-7-11-9(5-1)10-6-2-4-8-12(10)13-11;3*1-6-4-2-3-5-7-6;5*1-2;;;/h3*2-7,9-15H,1H3;3*1-8,13H;3*2-5H,1H3;5*1-2H3;;;/q3*-1;;;;;;;;;;;;;;. The predicted octanol–water partition coefficient (Wildman–Crippen LogP) is 34.2. The van der Waals surface area contributed by atoms with E-state index in [0.29, 0.717) is 52.4 Å². The molecular weight excluding hydrogens is 2320 g/mol. The zero-order chi connectivity index (χ0) is 103. The van der Waals surface area contributed by atoms with Gasteiger partial charge in [-0.3, -0.25) is 15.0 Å². The van der Waals surface area contributed by atoms with Gasteiger partial charge in [0.2, 0.25) is 0 Å². The number of pyridine rings is 3. The third kappa shape index (κ3) is 35.3. The molecule has 0 radical (unpaired) electrons. The van der Waals surface area contributed by atoms with E-state index < -0.39 is 0 Å². The van der Waals surface area contributed by atoms with Gasteiger partial charge in [-0.1, -0.05) is 416 Å². The molecule has 742 valence electrons. The Bertz CT molecular complexity index is 6800. The van der Waals surface area contributed by atoms with Crippen LogP contribution in [0, 0.1) is 59.7 Å². The van der Waals surface area contributed by atoms with Crippen LogP contribution in [0.25, 0.3) is 168 Å². The summed E-state index contributed by atoms with van der Waals surface area (Å²) in [5, 5.41) is 7.82. The molecule has 0 fully saturated rings. The smallest absolute Gasteiger partial charge is 0.162 e. The fourth-order valence-corrected chi connectivity index (χ4v) is 14.7. The SMILES string of the molecule is CC.CC.CC.CC.CC.Cc1c[c-]cc(-c2nc(-c3ccccc3)nc(-c3ccccc3)n2)c1.Cc1c[c-]cc(-c2nc(-c3ccccc3)nc(-c3ccccc3)n2)c1.Cc1c[c-]cc(-c2nc(-c3ccccc3)nc(-c3ccccc3)n2)c1.Cc1ccccn1.Cc1ccccn1.Cc1ccccn1.[W].[W].[W].c1ccc2c(c1)[nH]c1ccccc12.c1ccc2c(c1)[nH]c1ccccc12.c1ccc2c(c1)[nH]c1ccccc12. The fourth-order valence-electron chi connectivity index (χ4n) is 14.7. The van der Waals surface area contributed by atoms with Gasteiger partial charge in [0.15, 0.2) is 34.9 Å². The van der Waals surface area contributed by atoms with E-state index in [1.807, 2.05) is 384 Å². The number of aryl methyl sites for hydroxylation is 6. The first-order chi connectivity index (χ1) is 71.4. The van der Waals surface area contributed by atoms with Gasteiger partial charge in [0.1, 0.15) is 17.5 Å². The van der Waals surface area contributed by atoms with E-state index in [9.17, 15) is 0 Å². The first kappa shape index (κ1) is 117. The average molecular weight is 2450 g/mol. The van der Waals surface area contributed by atoms with Crippen molar-refractivity contribution < 1.29 is 63.2 Å². The quantitative estimate of drug-likeness (QED) is 0.116. The van der Waals surface area contributed by atoms with Gasteiger partial charge in [-0.25, -0.2) is 44.9 Å². The summed E-state index contributed by atoms with van der Waals surface area (Å²) in [6.07, 6.45) is 5.36. The van der Waals surface area contributed by atoms with Crippen molar-refractivity contribution in [3.05, 3.63) is 507 Å². The van der Waals surface area contributed by atoms with Crippen molar-refractivity contribution >= 4 is 65.4 Å². The number of hydrogen-bond donors (Lipinski definition) is 3. The second-order valence-electron chi connectivity index (χ2n) is 31.6. The van der Waals surface area contributed by atoms with Gasteiger partial charge in [0.25, 0.3) is 0 Å². The maximum absolute atomic E-state index is 4.70. The van der Waals surface area contributed by atoms with Crippen molar-refractivity contribution in [2.45, 2.75) is 111 Å². The van der Waals surface area contributed by atoms with E-state index in [2.05, 4.69) is 227 Å². The fraction of sp³-hybridized carbons (Fsp3) is 0.123. The van der Waals surface area contributed by atoms with Crippen LogP contribution in [0.1, 0.15) is 103 Å². The summed E-state index contributed by atoms with van der Waals surface area (Å²) in [6, 6.07) is 155. The molecule has 0 saturated carbocycles. The number of H-pyrrole nitrogens is 3. The molecule has 18 heteroatoms. The number of rotatable bonds is 9. The van der Waals surface area contributed by atoms with Crippen LogP contribution in [0.3, 0.4) is 0 Å². The Morgan fingerprint density at radius 1 is 0.162 bits per heavy atom. The summed E-state index contributed by atoms with van der Waals surface area (Å²) in [7, 11) is 0. The van der Waals surface area contributed by atoms with Crippen LogP contribution in [0.5, 0.6) is 0 Å². The van der Waals surface area contributed by atoms with Gasteiger partial charge in [0.05, 0.1) is 0 Å². The largest absolute Gasteiger partial charge is 0.355 e. The summed E-state index contributed by atoms with van der Waals surface area (Å²) in [5.74, 6) is 6.01. The molecule has 0 aliphatic heterocycles. The van der Waals surface area contributed by atoms with Crippen LogP contribution >= 0.6 is 0 Å². The van der Waals surface area contributed by atoms with Crippen LogP contribution in [0.2, 0.25) is 0 Å². The number of nitrogens with one attached hydrogen (secondary N) is 3. The predicted molar refractivity (Wildman–Crippen MR) is 610 cm³/mol. The van der Waals surface area contributed by atoms with Crippen molar-refractivity contribution in [1.82, 2.24) is 74.8 Å². The molecule has 9 aromatic heterocycles. The van der Waals surface area contributed by atoms with Gasteiger partial charge in [0, 0.05) is 198 Å². The summed E-state index contributed by atoms with van der Waals surface area (Å²) in [6.45, 7) is 32.0. The van der Waals surface area contributed by atoms with E-state index >= 15 is 0 Å². The van der Waals surface area contributed by atoms with Crippen molar-refractivity contribution in [1.29, 1.82) is 0 Å². The number of benzene rings is 15. The van der Waals surface area contributed by atoms with E-state index in [1.165, 1.54) is 65.4 Å². The third-order valence-corrected chi connectivity index (χ3v) is 21.4. The van der Waals surface area contributed by atoms with E-state index in [0.717, 1.165) is 83.8 Å². The molecular formula is C130H126N15W3-3. The van der Waals surface area contributed by atoms with Crippen LogP contribution in [-0.4, -0.2) is 74.8 Å². The van der Waals surface area contributed by atoms with E-state index in [1.54, 1.807) is 18.6 Å². The molecule has 24 aromatic rings. The van der Waals surface area contributed by atoms with Crippen LogP contribution in [0.4, 0.5) is 0 Å². The maximum Gasteiger partial charge on any atom is 0.162 e. The number of para-hydroxylation sites is 6. The number of aromatic nitrogens is 15. The Labute approximate surface area is 916 Å². The van der Waals surface area contributed by atoms with Gasteiger partial charge in [-0.15, -0.1) is 0 Å². The molecule has 0 unspecified atom stereocenters. The van der Waals surface area contributed by atoms with Crippen LogP contribution < -0.4 is 0 Å². The Kier molecular flexibility index (Phi) is 51.5. The molecule has 15 nitrogen and oxygen atoms in total. The minimum atomic E-state index is 0. The molecule has 0 bridgehead atoms. The first-order valence-electron chi connectivity index (χ1n) is 49.5. The summed E-state index contributed by atoms with van der Waals surface area (Å²) >= 11 is 0. The Balaban J connectivity index is 0.000000207. The zero-order valence-electron chi connectivity index (χ0n) is 86.9. The monoisotopic (exact) mass is 2450 g/mol. The molecule has 0 atom stereocenters. The molecule has 148 heavy (non-hydrogen) atoms. The minimum absolute atomic E-state index is 0. The molecule has 15 aromatic carbocycles. The summed E-state index contributed by atoms with van der Waals surface area (Å²) < 4.78 is 0. The average Bonchev–Trinajstić information content (AvgIpc) is 1.65. The summed E-state index contributed by atoms with van der Waals surface area (Å²) in [4.78, 5) is 64.3. The topological polar surface area (TPSA) is 202 Å². The van der Waals surface area contributed by atoms with E-state index in [-0.39, 0.29) is 63.2 Å². The van der Waals surface area contributed by atoms with Crippen LogP contribution in [-0.2, 0) is 63.2 Å². The molecule has 24 rings (SSSR count). The molecule has 0 aliphatic carbocycles. The van der Waals surface area contributed by atoms with Gasteiger partial charge < -0.3 is 15.0 Å². The van der Waals surface area contributed by atoms with Crippen molar-refractivity contribution in [2.75, 3.05) is 0 Å². The molecule has 0 amide bonds. The second-order valence-corrected chi connectivity index (χ2v) is 31.6. The third-order valence-electron chi connectivity index (χ3n) is 21.4. The first-order valence-corrected chi connectivity index (χ1v) is 49.5. The normalized spacial score (nSPS) is 9.73. The van der Waals surface area contributed by atoms with E-state index in [4.69, 9.17) is 29.9 Å². The molecule has 3 N–H and O–H groups in total. The van der Waals surface area contributed by atoms with Gasteiger partial charge >= 0.3 is 0 Å². The Morgan fingerprint density at radius 2 is 0.311 bits per heavy atom. The Hall–Kier alpha value is -15.8. The van der Waals surface area contributed by atoms with Crippen molar-refractivity contribution in [3.8, 4) is 102 Å². The van der Waals surface area contributed by atoms with Crippen molar-refractivity contribution in [3.63, 3.8) is 0 Å². The second kappa shape index (κ2) is 64.9. The Morgan fingerprint density at radius 3 is 0.453 bits per heavy atom. The van der Waals surface area contributed by atoms with Gasteiger partial charge in [-0.05, 0) is 93.6 Å². The number of aromatic amines is 3. The minimum Gasteiger partial charge on any atom is -0.355 e. The molecule has 0 aliphatic rings. The zero-order valence-corrected chi connectivity index (χ0v) is 95.7. The molecule has 0 saturated heterocycles. The molecule has 9 heterocycles. The number of hydrogen-bond acceptors (Lipinski definition) is 12. The molecule has 0 spiro atoms. The number of fused-ring (bicyclic) bond motifs is 9. The number of nitrogens with zero attached hydrogens (tertiary/aromatic N) is 12. The van der Waals surface area contributed by atoms with Gasteiger partial charge in [-0.2, -0.15) is 89.5 Å². The van der Waals surface area contributed by atoms with Crippen LogP contribution in [0.15, 0.2) is 455 Å². The van der Waals surface area contributed by atoms with Crippen molar-refractivity contribution in [2.24, 2.45) is 0 Å². The summed E-state index contributed by atoms with van der Waals surface area (Å²) in [5.41, 5.74) is 22.5. The maximum atomic E-state index is 4.70.